The van der Waals surface area contributed by atoms with Crippen LogP contribution in [0.5, 0.6) is 5.75 Å². The SMILES string of the molecule is C[C@@H]1Oc2ccccc2C=C1/C=C1/SC(=Nc2ccccn2)NC1=O. The van der Waals surface area contributed by atoms with Crippen molar-refractivity contribution in [2.24, 2.45) is 4.99 Å². The van der Waals surface area contributed by atoms with Crippen molar-refractivity contribution < 1.29 is 9.53 Å². The lowest BCUT2D eigenvalue weighted by Crippen LogP contribution is -2.20. The van der Waals surface area contributed by atoms with E-state index >= 15 is 0 Å². The summed E-state index contributed by atoms with van der Waals surface area (Å²) in [4.78, 5) is 21.3. The zero-order valence-electron chi connectivity index (χ0n) is 13.5. The van der Waals surface area contributed by atoms with Gasteiger partial charge in [-0.2, -0.15) is 0 Å². The van der Waals surface area contributed by atoms with Crippen molar-refractivity contribution in [2.45, 2.75) is 13.0 Å². The Bertz CT molecular complexity index is 919. The normalized spacial score (nSPS) is 22.4. The van der Waals surface area contributed by atoms with E-state index in [0.29, 0.717) is 15.9 Å². The number of para-hydroxylation sites is 1. The summed E-state index contributed by atoms with van der Waals surface area (Å²) in [5.41, 5.74) is 1.97. The van der Waals surface area contributed by atoms with E-state index < -0.39 is 0 Å². The quantitative estimate of drug-likeness (QED) is 0.840. The van der Waals surface area contributed by atoms with Crippen molar-refractivity contribution in [3.8, 4) is 5.75 Å². The molecule has 0 spiro atoms. The van der Waals surface area contributed by atoms with Crippen molar-refractivity contribution >= 4 is 34.7 Å². The predicted molar refractivity (Wildman–Crippen MR) is 99.7 cm³/mol. The number of rotatable bonds is 2. The highest BCUT2D eigenvalue weighted by Gasteiger charge is 2.26. The summed E-state index contributed by atoms with van der Waals surface area (Å²) in [7, 11) is 0. The van der Waals surface area contributed by atoms with Gasteiger partial charge >= 0.3 is 0 Å². The summed E-state index contributed by atoms with van der Waals surface area (Å²) in [5, 5.41) is 3.30. The number of nitrogens with zero attached hydrogens (tertiary/aromatic N) is 2. The van der Waals surface area contributed by atoms with E-state index in [0.717, 1.165) is 16.9 Å². The van der Waals surface area contributed by atoms with Gasteiger partial charge in [0.25, 0.3) is 5.91 Å². The molecule has 2 aromatic rings. The number of hydrogen-bond acceptors (Lipinski definition) is 5. The third-order valence-corrected chi connectivity index (χ3v) is 4.74. The number of ether oxygens (including phenoxy) is 1. The second kappa shape index (κ2) is 6.57. The number of pyridine rings is 1. The van der Waals surface area contributed by atoms with Crippen LogP contribution in [0.1, 0.15) is 12.5 Å². The lowest BCUT2D eigenvalue weighted by atomic mass is 10.0. The van der Waals surface area contributed by atoms with E-state index in [2.05, 4.69) is 21.4 Å². The van der Waals surface area contributed by atoms with Gasteiger partial charge < -0.3 is 10.1 Å². The van der Waals surface area contributed by atoms with Crippen LogP contribution in [0.2, 0.25) is 0 Å². The molecule has 1 aromatic carbocycles. The molecule has 5 nitrogen and oxygen atoms in total. The van der Waals surface area contributed by atoms with E-state index in [1.54, 1.807) is 12.3 Å². The van der Waals surface area contributed by atoms with Crippen LogP contribution in [0, 0.1) is 0 Å². The van der Waals surface area contributed by atoms with Gasteiger partial charge in [-0.1, -0.05) is 24.3 Å². The number of carbonyl (C=O) groups is 1. The molecule has 1 saturated heterocycles. The molecule has 6 heteroatoms. The first-order chi connectivity index (χ1) is 12.2. The Kier molecular flexibility index (Phi) is 4.11. The fraction of sp³-hybridized carbons (Fsp3) is 0.105. The second-order valence-corrected chi connectivity index (χ2v) is 6.64. The summed E-state index contributed by atoms with van der Waals surface area (Å²) in [6.07, 6.45) is 5.47. The molecule has 0 aliphatic carbocycles. The molecule has 1 fully saturated rings. The van der Waals surface area contributed by atoms with Crippen molar-refractivity contribution in [3.63, 3.8) is 0 Å². The van der Waals surface area contributed by atoms with Gasteiger partial charge in [-0.15, -0.1) is 0 Å². The Morgan fingerprint density at radius 1 is 1.24 bits per heavy atom. The molecule has 0 unspecified atom stereocenters. The van der Waals surface area contributed by atoms with Crippen LogP contribution in [-0.2, 0) is 4.79 Å². The van der Waals surface area contributed by atoms with Crippen LogP contribution in [0.25, 0.3) is 6.08 Å². The topological polar surface area (TPSA) is 63.6 Å². The van der Waals surface area contributed by atoms with Crippen molar-refractivity contribution in [3.05, 3.63) is 70.8 Å². The number of amidine groups is 1. The summed E-state index contributed by atoms with van der Waals surface area (Å²) >= 11 is 1.30. The van der Waals surface area contributed by atoms with Crippen LogP contribution in [-0.4, -0.2) is 22.2 Å². The first-order valence-corrected chi connectivity index (χ1v) is 8.68. The average molecular weight is 349 g/mol. The van der Waals surface area contributed by atoms with Gasteiger partial charge in [0.2, 0.25) is 0 Å². The number of hydrogen-bond donors (Lipinski definition) is 1. The molecular formula is C19H15N3O2S. The Morgan fingerprint density at radius 3 is 2.92 bits per heavy atom. The Hall–Kier alpha value is -2.86. The minimum atomic E-state index is -0.161. The second-order valence-electron chi connectivity index (χ2n) is 5.61. The number of thioether (sulfide) groups is 1. The summed E-state index contributed by atoms with van der Waals surface area (Å²) in [6, 6.07) is 13.3. The first-order valence-electron chi connectivity index (χ1n) is 7.87. The van der Waals surface area contributed by atoms with E-state index in [-0.39, 0.29) is 12.0 Å². The van der Waals surface area contributed by atoms with Gasteiger partial charge in [-0.3, -0.25) is 4.79 Å². The van der Waals surface area contributed by atoms with Crippen molar-refractivity contribution in [1.29, 1.82) is 0 Å². The minimum absolute atomic E-state index is 0.118. The summed E-state index contributed by atoms with van der Waals surface area (Å²) in [6.45, 7) is 1.97. The number of aliphatic imine (C=N–C) groups is 1. The summed E-state index contributed by atoms with van der Waals surface area (Å²) < 4.78 is 5.92. The molecular weight excluding hydrogens is 334 g/mol. The molecule has 2 aliphatic heterocycles. The number of benzene rings is 1. The van der Waals surface area contributed by atoms with Gasteiger partial charge in [0.05, 0.1) is 4.91 Å². The lowest BCUT2D eigenvalue weighted by molar-refractivity contribution is -0.115. The molecule has 25 heavy (non-hydrogen) atoms. The number of amides is 1. The van der Waals surface area contributed by atoms with Crippen LogP contribution >= 0.6 is 11.8 Å². The number of nitrogens with one attached hydrogen (secondary N) is 1. The van der Waals surface area contributed by atoms with Crippen LogP contribution in [0.3, 0.4) is 0 Å². The van der Waals surface area contributed by atoms with E-state index in [9.17, 15) is 4.79 Å². The maximum atomic E-state index is 12.2. The van der Waals surface area contributed by atoms with Gasteiger partial charge in [0.15, 0.2) is 11.0 Å². The van der Waals surface area contributed by atoms with Gasteiger partial charge in [0, 0.05) is 11.8 Å². The molecule has 3 heterocycles. The van der Waals surface area contributed by atoms with Crippen molar-refractivity contribution in [2.75, 3.05) is 0 Å². The number of fused-ring (bicyclic) bond motifs is 1. The number of carbonyl (C=O) groups excluding carboxylic acids is 1. The molecule has 1 N–H and O–H groups in total. The zero-order chi connectivity index (χ0) is 17.2. The number of aromatic nitrogens is 1. The third kappa shape index (κ3) is 3.34. The van der Waals surface area contributed by atoms with E-state index in [1.165, 1.54) is 11.8 Å². The van der Waals surface area contributed by atoms with Crippen LogP contribution in [0.4, 0.5) is 5.82 Å². The first kappa shape index (κ1) is 15.7. The molecule has 1 atom stereocenters. The smallest absolute Gasteiger partial charge is 0.264 e. The maximum Gasteiger partial charge on any atom is 0.264 e. The molecule has 2 aliphatic rings. The Balaban J connectivity index is 1.61. The molecule has 0 saturated carbocycles. The lowest BCUT2D eigenvalue weighted by Gasteiger charge is -2.22. The monoisotopic (exact) mass is 349 g/mol. The highest BCUT2D eigenvalue weighted by Crippen LogP contribution is 2.33. The highest BCUT2D eigenvalue weighted by molar-refractivity contribution is 8.18. The zero-order valence-corrected chi connectivity index (χ0v) is 14.3. The van der Waals surface area contributed by atoms with Gasteiger partial charge in [-0.05, 0) is 54.6 Å². The Morgan fingerprint density at radius 2 is 2.08 bits per heavy atom. The van der Waals surface area contributed by atoms with Gasteiger partial charge in [0.1, 0.15) is 11.9 Å². The molecule has 0 radical (unpaired) electrons. The van der Waals surface area contributed by atoms with Crippen molar-refractivity contribution in [1.82, 2.24) is 10.3 Å². The summed E-state index contributed by atoms with van der Waals surface area (Å²) in [5.74, 6) is 1.26. The molecule has 4 rings (SSSR count). The van der Waals surface area contributed by atoms with E-state index in [4.69, 9.17) is 4.74 Å². The molecule has 124 valence electrons. The molecule has 0 bridgehead atoms. The molecule has 1 aromatic heterocycles. The van der Waals surface area contributed by atoms with Gasteiger partial charge in [-0.25, -0.2) is 9.98 Å². The van der Waals surface area contributed by atoms with Crippen LogP contribution < -0.4 is 10.1 Å². The highest BCUT2D eigenvalue weighted by atomic mass is 32.2. The van der Waals surface area contributed by atoms with Crippen LogP contribution in [0.15, 0.2) is 70.2 Å². The largest absolute Gasteiger partial charge is 0.485 e. The molecule has 1 amide bonds. The fourth-order valence-electron chi connectivity index (χ4n) is 2.58. The standard InChI is InChI=1S/C19H15N3O2S/c1-12-14(10-13-6-2-3-7-15(13)24-12)11-16-18(23)22-19(25-16)21-17-8-4-5-9-20-17/h2-12H,1H3,(H,20,21,22,23)/b16-11+/t12-/m0/s1. The third-order valence-electron chi connectivity index (χ3n) is 3.83. The minimum Gasteiger partial charge on any atom is -0.485 e. The average Bonchev–Trinajstić information content (AvgIpc) is 2.95. The predicted octanol–water partition coefficient (Wildman–Crippen LogP) is 3.68. The maximum absolute atomic E-state index is 12.2. The van der Waals surface area contributed by atoms with E-state index in [1.807, 2.05) is 49.4 Å². The fourth-order valence-corrected chi connectivity index (χ4v) is 3.41. The Labute approximate surface area is 149 Å².